The first-order valence-electron chi connectivity index (χ1n) is 11.2. The molecule has 0 radical (unpaired) electrons. The number of morpholine rings is 1. The third-order valence-corrected chi connectivity index (χ3v) is 7.29. The normalized spacial score (nSPS) is 34.8. The highest BCUT2D eigenvalue weighted by atomic mass is 16.5. The molecular formula is C21H31N5O4. The fourth-order valence-corrected chi connectivity index (χ4v) is 6.47. The Bertz CT molecular complexity index is 774. The number of ether oxygens (including phenoxy) is 1. The van der Waals surface area contributed by atoms with Gasteiger partial charge in [-0.25, -0.2) is 4.79 Å². The summed E-state index contributed by atoms with van der Waals surface area (Å²) in [5, 5.41) is 10.1. The van der Waals surface area contributed by atoms with Crippen LogP contribution in [0, 0.1) is 24.7 Å². The van der Waals surface area contributed by atoms with Gasteiger partial charge in [-0.1, -0.05) is 5.16 Å². The quantitative estimate of drug-likeness (QED) is 0.758. The fourth-order valence-electron chi connectivity index (χ4n) is 6.47. The van der Waals surface area contributed by atoms with Crippen LogP contribution in [0.25, 0.3) is 0 Å². The molecule has 1 aromatic rings. The van der Waals surface area contributed by atoms with Gasteiger partial charge in [0.25, 0.3) is 0 Å². The van der Waals surface area contributed by atoms with E-state index in [1.165, 1.54) is 19.3 Å². The summed E-state index contributed by atoms with van der Waals surface area (Å²) in [6.07, 6.45) is 7.31. The lowest BCUT2D eigenvalue weighted by molar-refractivity contribution is -0.139. The zero-order chi connectivity index (χ0) is 20.7. The molecule has 2 N–H and O–H groups in total. The summed E-state index contributed by atoms with van der Waals surface area (Å²) in [6, 6.07) is -0.133. The number of nitrogens with zero attached hydrogens (tertiary/aromatic N) is 3. The molecule has 5 fully saturated rings. The second-order valence-corrected chi connectivity index (χ2v) is 9.70. The lowest BCUT2D eigenvalue weighted by Crippen LogP contribution is -2.61. The monoisotopic (exact) mass is 417 g/mol. The van der Waals surface area contributed by atoms with Crippen LogP contribution in [0.5, 0.6) is 0 Å². The van der Waals surface area contributed by atoms with Gasteiger partial charge >= 0.3 is 6.03 Å². The molecule has 3 amide bonds. The summed E-state index contributed by atoms with van der Waals surface area (Å²) in [5.74, 6) is 3.31. The van der Waals surface area contributed by atoms with Gasteiger partial charge in [0.2, 0.25) is 17.6 Å². The predicted molar refractivity (Wildman–Crippen MR) is 106 cm³/mol. The van der Waals surface area contributed by atoms with Gasteiger partial charge < -0.3 is 24.8 Å². The van der Waals surface area contributed by atoms with E-state index in [0.717, 1.165) is 37.0 Å². The third kappa shape index (κ3) is 4.04. The van der Waals surface area contributed by atoms with Crippen molar-refractivity contribution in [2.45, 2.75) is 63.5 Å². The summed E-state index contributed by atoms with van der Waals surface area (Å²) in [4.78, 5) is 31.1. The van der Waals surface area contributed by atoms with Crippen molar-refractivity contribution >= 4 is 11.9 Å². The van der Waals surface area contributed by atoms with Gasteiger partial charge in [0.1, 0.15) is 6.10 Å². The molecule has 4 bridgehead atoms. The molecule has 30 heavy (non-hydrogen) atoms. The lowest BCUT2D eigenvalue weighted by atomic mass is 9.53. The van der Waals surface area contributed by atoms with E-state index in [9.17, 15) is 9.59 Å². The van der Waals surface area contributed by atoms with Crippen LogP contribution in [0.15, 0.2) is 4.52 Å². The van der Waals surface area contributed by atoms with Crippen molar-refractivity contribution in [1.82, 2.24) is 25.7 Å². The number of carbonyl (C=O) groups is 2. The molecule has 4 saturated carbocycles. The van der Waals surface area contributed by atoms with E-state index >= 15 is 0 Å². The van der Waals surface area contributed by atoms with Gasteiger partial charge in [-0.2, -0.15) is 4.98 Å². The first-order chi connectivity index (χ1) is 14.5. The van der Waals surface area contributed by atoms with Gasteiger partial charge in [0.15, 0.2) is 0 Å². The average Bonchev–Trinajstić information content (AvgIpc) is 3.13. The molecule has 6 rings (SSSR count). The highest BCUT2D eigenvalue weighted by Crippen LogP contribution is 2.55. The molecule has 164 valence electrons. The molecule has 1 atom stereocenters. The highest BCUT2D eigenvalue weighted by molar-refractivity contribution is 5.78. The number of aromatic nitrogens is 2. The van der Waals surface area contributed by atoms with Crippen molar-refractivity contribution in [2.24, 2.45) is 17.8 Å². The first-order valence-corrected chi connectivity index (χ1v) is 11.2. The maximum Gasteiger partial charge on any atom is 0.315 e. The fraction of sp³-hybridized carbons (Fsp3) is 0.810. The van der Waals surface area contributed by atoms with Gasteiger partial charge in [0.05, 0.1) is 13.2 Å². The molecule has 0 spiro atoms. The Labute approximate surface area is 176 Å². The maximum atomic E-state index is 12.6. The largest absolute Gasteiger partial charge is 0.366 e. The van der Waals surface area contributed by atoms with Crippen LogP contribution in [0.1, 0.15) is 62.8 Å². The number of carbonyl (C=O) groups excluding carboxylic acids is 2. The zero-order valence-corrected chi connectivity index (χ0v) is 17.6. The van der Waals surface area contributed by atoms with Crippen molar-refractivity contribution in [2.75, 3.05) is 26.2 Å². The van der Waals surface area contributed by atoms with E-state index < -0.39 is 0 Å². The van der Waals surface area contributed by atoms with Crippen LogP contribution < -0.4 is 10.6 Å². The van der Waals surface area contributed by atoms with Gasteiger partial charge in [-0.3, -0.25) is 4.79 Å². The van der Waals surface area contributed by atoms with Crippen LogP contribution >= 0.6 is 0 Å². The minimum Gasteiger partial charge on any atom is -0.366 e. The number of urea groups is 1. The molecule has 4 aliphatic carbocycles. The van der Waals surface area contributed by atoms with Crippen molar-refractivity contribution in [3.05, 3.63) is 11.7 Å². The second kappa shape index (κ2) is 7.83. The Kier molecular flexibility index (Phi) is 5.16. The van der Waals surface area contributed by atoms with Crippen molar-refractivity contribution in [3.63, 3.8) is 0 Å². The van der Waals surface area contributed by atoms with E-state index in [2.05, 4.69) is 20.8 Å². The minimum atomic E-state index is -0.368. The molecule has 1 aliphatic heterocycles. The third-order valence-electron chi connectivity index (χ3n) is 7.29. The van der Waals surface area contributed by atoms with E-state index in [1.807, 2.05) is 0 Å². The van der Waals surface area contributed by atoms with Gasteiger partial charge in [-0.05, 0) is 56.3 Å². The van der Waals surface area contributed by atoms with E-state index in [-0.39, 0.29) is 30.0 Å². The number of hydrogen-bond donors (Lipinski definition) is 2. The number of aryl methyl sites for hydroxylation is 1. The minimum absolute atomic E-state index is 0.00128. The number of hydrogen-bond acceptors (Lipinski definition) is 6. The van der Waals surface area contributed by atoms with Crippen molar-refractivity contribution in [3.8, 4) is 0 Å². The van der Waals surface area contributed by atoms with E-state index in [1.54, 1.807) is 11.8 Å². The van der Waals surface area contributed by atoms with Gasteiger partial charge in [0, 0.05) is 32.0 Å². The Morgan fingerprint density at radius 3 is 2.50 bits per heavy atom. The Morgan fingerprint density at radius 1 is 1.17 bits per heavy atom. The molecule has 5 aliphatic rings. The Hall–Kier alpha value is -2.16. The summed E-state index contributed by atoms with van der Waals surface area (Å²) < 4.78 is 10.7. The molecule has 9 heteroatoms. The lowest BCUT2D eigenvalue weighted by Gasteiger charge is -2.56. The molecule has 1 aromatic heterocycles. The van der Waals surface area contributed by atoms with E-state index in [0.29, 0.717) is 38.0 Å². The van der Waals surface area contributed by atoms with E-state index in [4.69, 9.17) is 9.26 Å². The standard InChI is InChI=1S/C21H31N5O4/c1-13-23-19(25-30-13)17-12-26(4-5-29-17)18(27)2-3-22-20(28)24-21-9-14-6-15(10-21)8-16(7-14)11-21/h14-17H,2-12H2,1H3,(H2,22,24,28)/t14?,15?,16?,17-,21?/m1/s1. The smallest absolute Gasteiger partial charge is 0.315 e. The van der Waals surface area contributed by atoms with Crippen molar-refractivity contribution in [1.29, 1.82) is 0 Å². The molecule has 9 nitrogen and oxygen atoms in total. The zero-order valence-electron chi connectivity index (χ0n) is 17.6. The summed E-state index contributed by atoms with van der Waals surface area (Å²) in [7, 11) is 0. The molecule has 0 unspecified atom stereocenters. The SMILES string of the molecule is Cc1nc([C@H]2CN(C(=O)CCNC(=O)NC34CC5CC(CC(C5)C3)C4)CCO2)no1. The average molecular weight is 418 g/mol. The van der Waals surface area contributed by atoms with Crippen molar-refractivity contribution < 1.29 is 18.8 Å². The van der Waals surface area contributed by atoms with Crippen LogP contribution in [-0.2, 0) is 9.53 Å². The first kappa shape index (κ1) is 19.8. The molecule has 1 saturated heterocycles. The molecular weight excluding hydrogens is 386 g/mol. The van der Waals surface area contributed by atoms with Crippen LogP contribution in [0.4, 0.5) is 4.79 Å². The summed E-state index contributed by atoms with van der Waals surface area (Å²) in [6.45, 7) is 3.43. The molecule has 0 aromatic carbocycles. The number of nitrogens with one attached hydrogen (secondary N) is 2. The van der Waals surface area contributed by atoms with Crippen LogP contribution in [0.3, 0.4) is 0 Å². The highest BCUT2D eigenvalue weighted by Gasteiger charge is 2.51. The maximum absolute atomic E-state index is 12.6. The molecule has 2 heterocycles. The van der Waals surface area contributed by atoms with Crippen LogP contribution in [-0.4, -0.2) is 58.8 Å². The topological polar surface area (TPSA) is 110 Å². The number of amides is 3. The summed E-state index contributed by atoms with van der Waals surface area (Å²) >= 11 is 0. The predicted octanol–water partition coefficient (Wildman–Crippen LogP) is 1.94. The Balaban J connectivity index is 1.07. The summed E-state index contributed by atoms with van der Waals surface area (Å²) in [5.41, 5.74) is -0.0109. The second-order valence-electron chi connectivity index (χ2n) is 9.70. The van der Waals surface area contributed by atoms with Crippen LogP contribution in [0.2, 0.25) is 0 Å². The Morgan fingerprint density at radius 2 is 1.87 bits per heavy atom. The van der Waals surface area contributed by atoms with Gasteiger partial charge in [-0.15, -0.1) is 0 Å². The number of rotatable bonds is 5.